The molecule has 3 aliphatic rings. The van der Waals surface area contributed by atoms with E-state index >= 15 is 0 Å². The highest BCUT2D eigenvalue weighted by molar-refractivity contribution is 6.02. The quantitative estimate of drug-likeness (QED) is 0.359. The first kappa shape index (κ1) is 27.0. The summed E-state index contributed by atoms with van der Waals surface area (Å²) in [6, 6.07) is 4.22. The number of Topliss-reactive ketones (excluding diaryl/α,β-unsaturated/α-hetero) is 1. The summed E-state index contributed by atoms with van der Waals surface area (Å²) in [6.45, 7) is -2.84. The second-order valence-corrected chi connectivity index (χ2v) is 10.6. The van der Waals surface area contributed by atoms with E-state index in [0.717, 1.165) is 19.3 Å². The van der Waals surface area contributed by atoms with Crippen molar-refractivity contribution in [2.24, 2.45) is 17.8 Å². The average Bonchev–Trinajstić information content (AvgIpc) is 3.69. The number of carbonyl (C=O) groups is 4. The van der Waals surface area contributed by atoms with Gasteiger partial charge in [0.2, 0.25) is 11.8 Å². The molecule has 1 aromatic heterocycles. The summed E-state index contributed by atoms with van der Waals surface area (Å²) in [5.74, 6) is -1.83. The van der Waals surface area contributed by atoms with Gasteiger partial charge in [0.25, 0.3) is 5.91 Å². The number of hydrogen-bond donors (Lipinski definition) is 4. The Balaban J connectivity index is 1.36. The van der Waals surface area contributed by atoms with Gasteiger partial charge in [-0.25, -0.2) is 0 Å². The van der Waals surface area contributed by atoms with Crippen molar-refractivity contribution in [1.82, 2.24) is 20.5 Å². The van der Waals surface area contributed by atoms with Gasteiger partial charge in [-0.15, -0.1) is 0 Å². The maximum absolute atomic E-state index is 13.7. The number of aromatic nitrogens is 1. The van der Waals surface area contributed by atoms with Gasteiger partial charge in [-0.2, -0.15) is 8.78 Å². The van der Waals surface area contributed by atoms with E-state index in [4.69, 9.17) is 0 Å². The number of aromatic amines is 1. The van der Waals surface area contributed by atoms with Crippen LogP contribution in [0.1, 0.15) is 49.0 Å². The first-order valence-electron chi connectivity index (χ1n) is 13.4. The monoisotopic (exact) mass is 546 g/mol. The zero-order chi connectivity index (χ0) is 27.7. The van der Waals surface area contributed by atoms with Crippen LogP contribution in [0.3, 0.4) is 0 Å². The summed E-state index contributed by atoms with van der Waals surface area (Å²) in [5.41, 5.74) is 0.588. The smallest absolute Gasteiger partial charge is 0.387 e. The topological polar surface area (TPSA) is 141 Å². The Labute approximate surface area is 223 Å². The molecule has 2 aliphatic heterocycles. The van der Waals surface area contributed by atoms with Crippen molar-refractivity contribution in [3.8, 4) is 5.75 Å². The van der Waals surface area contributed by atoms with Gasteiger partial charge in [0, 0.05) is 29.9 Å². The minimum Gasteiger partial charge on any atom is -0.434 e. The van der Waals surface area contributed by atoms with Crippen LogP contribution in [0.15, 0.2) is 24.3 Å². The number of ketones is 1. The molecule has 2 aromatic rings. The number of aliphatic hydroxyl groups is 1. The maximum atomic E-state index is 13.7. The number of amides is 3. The number of likely N-dealkylation sites (tertiary alicyclic amines) is 1. The van der Waals surface area contributed by atoms with Crippen LogP contribution in [0.25, 0.3) is 10.9 Å². The number of fused-ring (bicyclic) bond motifs is 2. The number of rotatable bonds is 10. The molecule has 5 atom stereocenters. The fourth-order valence-corrected chi connectivity index (χ4v) is 6.42. The van der Waals surface area contributed by atoms with Crippen LogP contribution in [-0.2, 0) is 14.4 Å². The molecule has 3 fully saturated rings. The molecule has 0 radical (unpaired) electrons. The molecule has 0 spiro atoms. The number of nitrogens with zero attached hydrogens (tertiary/aromatic N) is 1. The SMILES string of the molecule is O=C1NCC[C@H]1CC[C@H](NC(=O)[C@@H]1[C@H]2CCC[C@H]2CN1C(=O)c1cc2c(OC(F)F)cccc2[nH]1)C(=O)CO. The molecule has 1 aromatic carbocycles. The van der Waals surface area contributed by atoms with Gasteiger partial charge >= 0.3 is 6.61 Å². The third-order valence-electron chi connectivity index (χ3n) is 8.32. The van der Waals surface area contributed by atoms with Crippen molar-refractivity contribution in [3.63, 3.8) is 0 Å². The molecule has 12 heteroatoms. The van der Waals surface area contributed by atoms with E-state index in [1.165, 1.54) is 23.1 Å². The number of alkyl halides is 2. The van der Waals surface area contributed by atoms with Crippen molar-refractivity contribution in [1.29, 1.82) is 0 Å². The second-order valence-electron chi connectivity index (χ2n) is 10.6. The van der Waals surface area contributed by atoms with Crippen molar-refractivity contribution in [2.75, 3.05) is 19.7 Å². The number of hydrogen-bond acceptors (Lipinski definition) is 6. The highest BCUT2D eigenvalue weighted by Gasteiger charge is 2.50. The number of ether oxygens (including phenoxy) is 1. The Hall–Kier alpha value is -3.54. The zero-order valence-electron chi connectivity index (χ0n) is 21.3. The first-order valence-corrected chi connectivity index (χ1v) is 13.4. The van der Waals surface area contributed by atoms with Crippen LogP contribution in [0.2, 0.25) is 0 Å². The fourth-order valence-electron chi connectivity index (χ4n) is 6.42. The van der Waals surface area contributed by atoms with Crippen molar-refractivity contribution >= 4 is 34.4 Å². The van der Waals surface area contributed by atoms with E-state index in [9.17, 15) is 33.1 Å². The zero-order valence-corrected chi connectivity index (χ0v) is 21.3. The van der Waals surface area contributed by atoms with Crippen LogP contribution < -0.4 is 15.4 Å². The molecular weight excluding hydrogens is 514 g/mol. The van der Waals surface area contributed by atoms with Crippen molar-refractivity contribution < 1.29 is 37.8 Å². The predicted octanol–water partition coefficient (Wildman–Crippen LogP) is 1.97. The highest BCUT2D eigenvalue weighted by Crippen LogP contribution is 2.43. The van der Waals surface area contributed by atoms with Gasteiger partial charge in [-0.3, -0.25) is 19.2 Å². The Bertz CT molecular complexity index is 1270. The number of H-pyrrole nitrogens is 1. The maximum Gasteiger partial charge on any atom is 0.387 e. The summed E-state index contributed by atoms with van der Waals surface area (Å²) in [5, 5.41) is 15.3. The second kappa shape index (κ2) is 11.3. The predicted molar refractivity (Wildman–Crippen MR) is 135 cm³/mol. The van der Waals surface area contributed by atoms with E-state index in [-0.39, 0.29) is 41.5 Å². The normalized spacial score (nSPS) is 25.1. The Morgan fingerprint density at radius 3 is 2.74 bits per heavy atom. The Morgan fingerprint density at radius 2 is 2.03 bits per heavy atom. The van der Waals surface area contributed by atoms with Gasteiger partial charge in [0.1, 0.15) is 24.1 Å². The summed E-state index contributed by atoms with van der Waals surface area (Å²) in [6.07, 6.45) is 3.79. The first-order chi connectivity index (χ1) is 18.8. The summed E-state index contributed by atoms with van der Waals surface area (Å²) in [4.78, 5) is 56.2. The highest BCUT2D eigenvalue weighted by atomic mass is 19.3. The molecule has 1 saturated carbocycles. The number of halogens is 2. The van der Waals surface area contributed by atoms with Gasteiger partial charge in [-0.05, 0) is 62.1 Å². The van der Waals surface area contributed by atoms with Gasteiger partial charge in [0.05, 0.1) is 6.04 Å². The van der Waals surface area contributed by atoms with E-state index in [0.29, 0.717) is 36.8 Å². The molecule has 10 nitrogen and oxygen atoms in total. The molecule has 3 heterocycles. The van der Waals surface area contributed by atoms with Crippen LogP contribution in [0.5, 0.6) is 5.75 Å². The number of benzene rings is 1. The fraction of sp³-hybridized carbons (Fsp3) is 0.556. The molecule has 4 N–H and O–H groups in total. The van der Waals surface area contributed by atoms with Crippen LogP contribution in [0, 0.1) is 17.8 Å². The Kier molecular flexibility index (Phi) is 7.83. The van der Waals surface area contributed by atoms with Crippen LogP contribution in [-0.4, -0.2) is 76.9 Å². The molecule has 5 rings (SSSR count). The van der Waals surface area contributed by atoms with Gasteiger partial charge < -0.3 is 30.4 Å². The third kappa shape index (κ3) is 5.47. The number of aliphatic hydroxyl groups excluding tert-OH is 1. The molecule has 3 amide bonds. The largest absolute Gasteiger partial charge is 0.434 e. The van der Waals surface area contributed by atoms with Crippen molar-refractivity contribution in [3.05, 3.63) is 30.0 Å². The molecule has 210 valence electrons. The molecule has 0 bridgehead atoms. The minimum absolute atomic E-state index is 0.0633. The number of nitrogens with one attached hydrogen (secondary N) is 3. The third-order valence-corrected chi connectivity index (χ3v) is 8.32. The average molecular weight is 547 g/mol. The lowest BCUT2D eigenvalue weighted by Crippen LogP contribution is -2.53. The Morgan fingerprint density at radius 1 is 1.21 bits per heavy atom. The van der Waals surface area contributed by atoms with Crippen molar-refractivity contribution in [2.45, 2.75) is 57.2 Å². The van der Waals surface area contributed by atoms with Gasteiger partial charge in [0.15, 0.2) is 5.78 Å². The molecule has 0 unspecified atom stereocenters. The van der Waals surface area contributed by atoms with E-state index < -0.39 is 42.9 Å². The standard InChI is InChI=1S/C27H32F2N4O6/c28-27(29)39-22-6-2-5-18-17(22)11-20(31-18)26(38)33-12-15-3-1-4-16(15)23(33)25(37)32-19(21(35)13-34)8-7-14-9-10-30-24(14)36/h2,5-6,11,14-16,19,23,27,31,34H,1,3-4,7-10,12-13H2,(H,30,36)(H,32,37)/t14-,15+,16+,19+,23+/m1/s1. The lowest BCUT2D eigenvalue weighted by molar-refractivity contribution is -0.132. The van der Waals surface area contributed by atoms with E-state index in [1.54, 1.807) is 6.07 Å². The molecular formula is C27H32F2N4O6. The number of carbonyl (C=O) groups excluding carboxylic acids is 4. The van der Waals surface area contributed by atoms with E-state index in [1.807, 2.05) is 0 Å². The minimum atomic E-state index is -3.02. The van der Waals surface area contributed by atoms with Gasteiger partial charge in [-0.1, -0.05) is 12.5 Å². The summed E-state index contributed by atoms with van der Waals surface area (Å²) in [7, 11) is 0. The van der Waals surface area contributed by atoms with E-state index in [2.05, 4.69) is 20.4 Å². The van der Waals surface area contributed by atoms with Crippen LogP contribution >= 0.6 is 0 Å². The molecule has 2 saturated heterocycles. The lowest BCUT2D eigenvalue weighted by atomic mass is 9.92. The summed E-state index contributed by atoms with van der Waals surface area (Å²) < 4.78 is 30.3. The lowest BCUT2D eigenvalue weighted by Gasteiger charge is -2.28. The summed E-state index contributed by atoms with van der Waals surface area (Å²) >= 11 is 0. The molecule has 39 heavy (non-hydrogen) atoms. The van der Waals surface area contributed by atoms with Crippen LogP contribution in [0.4, 0.5) is 8.78 Å². The molecule has 1 aliphatic carbocycles.